The molecule has 1 unspecified atom stereocenters. The molecule has 20 heavy (non-hydrogen) atoms. The molecule has 1 atom stereocenters. The van der Waals surface area contributed by atoms with E-state index in [0.717, 1.165) is 32.4 Å². The zero-order valence-electron chi connectivity index (χ0n) is 11.4. The molecular formula is C14H19Cl3N2O. The van der Waals surface area contributed by atoms with Crippen molar-refractivity contribution in [3.63, 3.8) is 0 Å². The maximum Gasteiger partial charge on any atom is 0.255 e. The van der Waals surface area contributed by atoms with Gasteiger partial charge in [-0.3, -0.25) is 4.79 Å². The molecule has 1 aliphatic heterocycles. The van der Waals surface area contributed by atoms with E-state index in [2.05, 4.69) is 5.32 Å². The molecule has 0 radical (unpaired) electrons. The number of benzene rings is 1. The van der Waals surface area contributed by atoms with Crippen molar-refractivity contribution in [1.82, 2.24) is 10.2 Å². The van der Waals surface area contributed by atoms with E-state index in [9.17, 15) is 4.79 Å². The lowest BCUT2D eigenvalue weighted by atomic mass is 10.1. The Morgan fingerprint density at radius 3 is 2.80 bits per heavy atom. The molecule has 1 amide bonds. The van der Waals surface area contributed by atoms with E-state index in [4.69, 9.17) is 23.2 Å². The Bertz CT molecular complexity index is 460. The van der Waals surface area contributed by atoms with Crippen molar-refractivity contribution in [2.24, 2.45) is 0 Å². The minimum atomic E-state index is -0.0561. The lowest BCUT2D eigenvalue weighted by Gasteiger charge is -2.27. The Kier molecular flexibility index (Phi) is 7.10. The van der Waals surface area contributed by atoms with Crippen LogP contribution in [0.25, 0.3) is 0 Å². The van der Waals surface area contributed by atoms with Gasteiger partial charge in [-0.1, -0.05) is 23.2 Å². The van der Waals surface area contributed by atoms with Crippen LogP contribution in [0.3, 0.4) is 0 Å². The molecule has 2 rings (SSSR count). The summed E-state index contributed by atoms with van der Waals surface area (Å²) in [6.07, 6.45) is 3.08. The monoisotopic (exact) mass is 336 g/mol. The van der Waals surface area contributed by atoms with Gasteiger partial charge in [0.05, 0.1) is 10.6 Å². The van der Waals surface area contributed by atoms with Crippen LogP contribution in [0.1, 0.15) is 29.6 Å². The molecule has 1 aromatic rings. The van der Waals surface area contributed by atoms with Crippen molar-refractivity contribution in [1.29, 1.82) is 0 Å². The number of carbonyl (C=O) groups excluding carboxylic acids is 1. The van der Waals surface area contributed by atoms with Crippen LogP contribution in [-0.4, -0.2) is 37.0 Å². The molecule has 6 heteroatoms. The quantitative estimate of drug-likeness (QED) is 0.894. The third kappa shape index (κ3) is 4.26. The molecule has 0 aromatic heterocycles. The normalized spacial score (nSPS) is 18.9. The highest BCUT2D eigenvalue weighted by molar-refractivity contribution is 6.35. The molecule has 0 aliphatic carbocycles. The van der Waals surface area contributed by atoms with E-state index in [-0.39, 0.29) is 24.4 Å². The summed E-state index contributed by atoms with van der Waals surface area (Å²) in [7, 11) is 1.84. The Morgan fingerprint density at radius 2 is 2.05 bits per heavy atom. The van der Waals surface area contributed by atoms with Crippen molar-refractivity contribution in [2.45, 2.75) is 25.3 Å². The van der Waals surface area contributed by atoms with Gasteiger partial charge in [-0.05, 0) is 50.6 Å². The number of nitrogens with zero attached hydrogens (tertiary/aromatic N) is 1. The molecular weight excluding hydrogens is 319 g/mol. The van der Waals surface area contributed by atoms with E-state index in [1.165, 1.54) is 0 Å². The van der Waals surface area contributed by atoms with Gasteiger partial charge in [-0.25, -0.2) is 0 Å². The van der Waals surface area contributed by atoms with E-state index >= 15 is 0 Å². The van der Waals surface area contributed by atoms with E-state index in [1.54, 1.807) is 23.1 Å². The maximum atomic E-state index is 12.5. The molecule has 1 aliphatic rings. The van der Waals surface area contributed by atoms with Crippen molar-refractivity contribution >= 4 is 41.5 Å². The van der Waals surface area contributed by atoms with E-state index in [0.29, 0.717) is 15.6 Å². The fourth-order valence-corrected chi connectivity index (χ4v) is 2.78. The van der Waals surface area contributed by atoms with Crippen LogP contribution in [0.5, 0.6) is 0 Å². The lowest BCUT2D eigenvalue weighted by Crippen LogP contribution is -2.37. The van der Waals surface area contributed by atoms with Gasteiger partial charge in [0.2, 0.25) is 0 Å². The fraction of sp³-hybridized carbons (Fsp3) is 0.500. The van der Waals surface area contributed by atoms with E-state index < -0.39 is 0 Å². The van der Waals surface area contributed by atoms with E-state index in [1.807, 2.05) is 7.05 Å². The standard InChI is InChI=1S/C14H18Cl2N2O.ClH/c1-18(11-3-2-7-17-8-6-11)14(19)12-9-10(15)4-5-13(12)16;/h4-5,9,11,17H,2-3,6-8H2,1H3;1H. The molecule has 1 saturated heterocycles. The Hall–Kier alpha value is -0.480. The topological polar surface area (TPSA) is 32.3 Å². The van der Waals surface area contributed by atoms with Gasteiger partial charge in [0, 0.05) is 18.1 Å². The van der Waals surface area contributed by atoms with Gasteiger partial charge in [0.25, 0.3) is 5.91 Å². The molecule has 1 heterocycles. The van der Waals surface area contributed by atoms with Crippen LogP contribution in [0, 0.1) is 0 Å². The van der Waals surface area contributed by atoms with Crippen LogP contribution < -0.4 is 5.32 Å². The van der Waals surface area contributed by atoms with Crippen LogP contribution in [0.15, 0.2) is 18.2 Å². The Labute approximate surface area is 136 Å². The van der Waals surface area contributed by atoms with Crippen molar-refractivity contribution < 1.29 is 4.79 Å². The number of rotatable bonds is 2. The molecule has 0 spiro atoms. The maximum absolute atomic E-state index is 12.5. The van der Waals surface area contributed by atoms with Crippen LogP contribution in [0.2, 0.25) is 10.0 Å². The average molecular weight is 338 g/mol. The second kappa shape index (κ2) is 8.08. The summed E-state index contributed by atoms with van der Waals surface area (Å²) in [6.45, 7) is 1.97. The third-order valence-corrected chi connectivity index (χ3v) is 4.14. The smallest absolute Gasteiger partial charge is 0.255 e. The molecule has 3 nitrogen and oxygen atoms in total. The number of halogens is 3. The summed E-state index contributed by atoms with van der Waals surface area (Å²) >= 11 is 12.0. The first-order valence-corrected chi connectivity index (χ1v) is 7.28. The van der Waals surface area contributed by atoms with Gasteiger partial charge in [-0.15, -0.1) is 12.4 Å². The van der Waals surface area contributed by atoms with Crippen LogP contribution in [-0.2, 0) is 0 Å². The zero-order valence-corrected chi connectivity index (χ0v) is 13.7. The summed E-state index contributed by atoms with van der Waals surface area (Å²) in [5.41, 5.74) is 0.480. The summed E-state index contributed by atoms with van der Waals surface area (Å²) in [6, 6.07) is 5.26. The second-order valence-electron chi connectivity index (χ2n) is 4.87. The largest absolute Gasteiger partial charge is 0.339 e. The number of amides is 1. The fourth-order valence-electron chi connectivity index (χ4n) is 2.41. The van der Waals surface area contributed by atoms with Crippen LogP contribution >= 0.6 is 35.6 Å². The first-order chi connectivity index (χ1) is 9.09. The van der Waals surface area contributed by atoms with Gasteiger partial charge in [0.15, 0.2) is 0 Å². The SMILES string of the molecule is CN(C(=O)c1cc(Cl)ccc1Cl)C1CCCNCC1.Cl. The van der Waals surface area contributed by atoms with Crippen molar-refractivity contribution in [3.8, 4) is 0 Å². The van der Waals surface area contributed by atoms with Crippen LogP contribution in [0.4, 0.5) is 0 Å². The highest BCUT2D eigenvalue weighted by Gasteiger charge is 2.23. The number of carbonyl (C=O) groups is 1. The first kappa shape index (κ1) is 17.6. The highest BCUT2D eigenvalue weighted by Crippen LogP contribution is 2.23. The van der Waals surface area contributed by atoms with Crippen molar-refractivity contribution in [3.05, 3.63) is 33.8 Å². The summed E-state index contributed by atoms with van der Waals surface area (Å²) in [4.78, 5) is 14.3. The molecule has 1 aromatic carbocycles. The van der Waals surface area contributed by atoms with Gasteiger partial charge in [0.1, 0.15) is 0 Å². The summed E-state index contributed by atoms with van der Waals surface area (Å²) in [5, 5.41) is 4.33. The second-order valence-corrected chi connectivity index (χ2v) is 5.72. The average Bonchev–Trinajstić information content (AvgIpc) is 2.69. The number of nitrogens with one attached hydrogen (secondary N) is 1. The lowest BCUT2D eigenvalue weighted by molar-refractivity contribution is 0.0720. The Morgan fingerprint density at radius 1 is 1.30 bits per heavy atom. The minimum Gasteiger partial charge on any atom is -0.339 e. The summed E-state index contributed by atoms with van der Waals surface area (Å²) < 4.78 is 0. The molecule has 1 N–H and O–H groups in total. The number of hydrogen-bond acceptors (Lipinski definition) is 2. The van der Waals surface area contributed by atoms with Gasteiger partial charge in [-0.2, -0.15) is 0 Å². The predicted octanol–water partition coefficient (Wildman–Crippen LogP) is 3.63. The first-order valence-electron chi connectivity index (χ1n) is 6.52. The molecule has 112 valence electrons. The molecule has 0 saturated carbocycles. The third-order valence-electron chi connectivity index (χ3n) is 3.57. The highest BCUT2D eigenvalue weighted by atomic mass is 35.5. The minimum absolute atomic E-state index is 0. The summed E-state index contributed by atoms with van der Waals surface area (Å²) in [5.74, 6) is -0.0561. The Balaban J connectivity index is 0.00000200. The molecule has 0 bridgehead atoms. The zero-order chi connectivity index (χ0) is 13.8. The molecule has 1 fully saturated rings. The predicted molar refractivity (Wildman–Crippen MR) is 86.3 cm³/mol. The van der Waals surface area contributed by atoms with Gasteiger partial charge < -0.3 is 10.2 Å². The number of hydrogen-bond donors (Lipinski definition) is 1. The van der Waals surface area contributed by atoms with Crippen molar-refractivity contribution in [2.75, 3.05) is 20.1 Å². The van der Waals surface area contributed by atoms with Gasteiger partial charge >= 0.3 is 0 Å².